The topological polar surface area (TPSA) is 58.6 Å². The van der Waals surface area contributed by atoms with Crippen molar-refractivity contribution in [2.24, 2.45) is 5.92 Å². The average Bonchev–Trinajstić information content (AvgIpc) is 2.96. The third-order valence-corrected chi connectivity index (χ3v) is 3.91. The lowest BCUT2D eigenvalue weighted by Gasteiger charge is -2.24. The van der Waals surface area contributed by atoms with E-state index in [0.717, 1.165) is 19.3 Å². The molecular formula is C15H26N2O3. The van der Waals surface area contributed by atoms with Crippen LogP contribution in [-0.2, 0) is 9.53 Å². The van der Waals surface area contributed by atoms with Crippen molar-refractivity contribution in [1.29, 1.82) is 0 Å². The van der Waals surface area contributed by atoms with E-state index in [2.05, 4.69) is 5.32 Å². The molecule has 0 radical (unpaired) electrons. The molecule has 1 saturated carbocycles. The molecular weight excluding hydrogens is 256 g/mol. The van der Waals surface area contributed by atoms with Gasteiger partial charge in [0.1, 0.15) is 5.60 Å². The summed E-state index contributed by atoms with van der Waals surface area (Å²) in [5.41, 5.74) is -0.485. The normalized spacial score (nSPS) is 23.9. The Labute approximate surface area is 121 Å². The molecule has 2 fully saturated rings. The fourth-order valence-corrected chi connectivity index (χ4v) is 2.86. The van der Waals surface area contributed by atoms with Crippen LogP contribution < -0.4 is 5.32 Å². The highest BCUT2D eigenvalue weighted by Gasteiger charge is 2.34. The van der Waals surface area contributed by atoms with Gasteiger partial charge >= 0.3 is 6.09 Å². The van der Waals surface area contributed by atoms with E-state index in [1.807, 2.05) is 20.8 Å². The van der Waals surface area contributed by atoms with Gasteiger partial charge in [0.05, 0.1) is 5.92 Å². The Hall–Kier alpha value is -1.26. The van der Waals surface area contributed by atoms with Crippen LogP contribution in [0.4, 0.5) is 4.79 Å². The minimum Gasteiger partial charge on any atom is -0.444 e. The lowest BCUT2D eigenvalue weighted by atomic mass is 10.1. The van der Waals surface area contributed by atoms with Crippen LogP contribution in [0.1, 0.15) is 52.9 Å². The molecule has 0 bridgehead atoms. The number of hydrogen-bond donors (Lipinski definition) is 1. The largest absolute Gasteiger partial charge is 0.444 e. The van der Waals surface area contributed by atoms with Crippen LogP contribution in [0.2, 0.25) is 0 Å². The maximum atomic E-state index is 12.2. The van der Waals surface area contributed by atoms with Gasteiger partial charge in [-0.15, -0.1) is 0 Å². The molecule has 1 heterocycles. The van der Waals surface area contributed by atoms with E-state index in [1.165, 1.54) is 12.8 Å². The number of nitrogens with one attached hydrogen (secondary N) is 1. The molecule has 0 aromatic rings. The number of ether oxygens (including phenoxy) is 1. The highest BCUT2D eigenvalue weighted by atomic mass is 16.6. The van der Waals surface area contributed by atoms with E-state index in [-0.39, 0.29) is 17.9 Å². The van der Waals surface area contributed by atoms with Crippen molar-refractivity contribution in [1.82, 2.24) is 10.2 Å². The van der Waals surface area contributed by atoms with Crippen molar-refractivity contribution in [2.75, 3.05) is 13.1 Å². The Bertz CT molecular complexity index is 370. The Morgan fingerprint density at radius 3 is 2.40 bits per heavy atom. The van der Waals surface area contributed by atoms with Crippen LogP contribution in [0.5, 0.6) is 0 Å². The maximum absolute atomic E-state index is 12.2. The second-order valence-corrected chi connectivity index (χ2v) is 6.90. The lowest BCUT2D eigenvalue weighted by molar-refractivity contribution is -0.125. The van der Waals surface area contributed by atoms with Crippen LogP contribution in [-0.4, -0.2) is 41.6 Å². The predicted octanol–water partition coefficient (Wildman–Crippen LogP) is 2.30. The van der Waals surface area contributed by atoms with Gasteiger partial charge in [-0.1, -0.05) is 12.8 Å². The zero-order valence-electron chi connectivity index (χ0n) is 12.8. The van der Waals surface area contributed by atoms with E-state index < -0.39 is 5.60 Å². The molecule has 2 aliphatic rings. The van der Waals surface area contributed by atoms with Crippen molar-refractivity contribution in [3.63, 3.8) is 0 Å². The highest BCUT2D eigenvalue weighted by molar-refractivity contribution is 5.80. The molecule has 1 saturated heterocycles. The van der Waals surface area contributed by atoms with Crippen LogP contribution in [0.25, 0.3) is 0 Å². The molecule has 1 atom stereocenters. The summed E-state index contributed by atoms with van der Waals surface area (Å²) in [6, 6.07) is 0.345. The molecule has 1 aliphatic heterocycles. The van der Waals surface area contributed by atoms with Gasteiger partial charge in [0.25, 0.3) is 0 Å². The van der Waals surface area contributed by atoms with E-state index in [4.69, 9.17) is 4.74 Å². The van der Waals surface area contributed by atoms with Gasteiger partial charge < -0.3 is 15.0 Å². The van der Waals surface area contributed by atoms with E-state index in [9.17, 15) is 9.59 Å². The van der Waals surface area contributed by atoms with E-state index >= 15 is 0 Å². The number of carbonyl (C=O) groups excluding carboxylic acids is 2. The van der Waals surface area contributed by atoms with Gasteiger partial charge in [-0.2, -0.15) is 0 Å². The first-order chi connectivity index (χ1) is 9.35. The van der Waals surface area contributed by atoms with Gasteiger partial charge in [-0.05, 0) is 40.0 Å². The lowest BCUT2D eigenvalue weighted by Crippen LogP contribution is -2.40. The molecule has 1 N–H and O–H groups in total. The molecule has 2 rings (SSSR count). The van der Waals surface area contributed by atoms with Gasteiger partial charge in [-0.25, -0.2) is 4.79 Å². The summed E-state index contributed by atoms with van der Waals surface area (Å²) in [6.45, 7) is 6.65. The smallest absolute Gasteiger partial charge is 0.410 e. The van der Waals surface area contributed by atoms with E-state index in [1.54, 1.807) is 4.90 Å². The first-order valence-corrected chi connectivity index (χ1v) is 7.63. The van der Waals surface area contributed by atoms with Crippen LogP contribution in [0, 0.1) is 5.92 Å². The molecule has 2 amide bonds. The first kappa shape index (κ1) is 15.1. The highest BCUT2D eigenvalue weighted by Crippen LogP contribution is 2.22. The zero-order valence-corrected chi connectivity index (χ0v) is 12.8. The minimum absolute atomic E-state index is 0.0804. The second kappa shape index (κ2) is 6.02. The fourth-order valence-electron chi connectivity index (χ4n) is 2.86. The van der Waals surface area contributed by atoms with Gasteiger partial charge in [-0.3, -0.25) is 4.79 Å². The molecule has 5 nitrogen and oxygen atoms in total. The molecule has 0 spiro atoms. The molecule has 20 heavy (non-hydrogen) atoms. The Balaban J connectivity index is 1.79. The minimum atomic E-state index is -0.485. The Morgan fingerprint density at radius 1 is 1.15 bits per heavy atom. The SMILES string of the molecule is CC(C)(C)OC(=O)N1CC[C@H](C(=O)NC2CCCC2)C1. The molecule has 0 aromatic heterocycles. The Kier molecular flexibility index (Phi) is 4.55. The van der Waals surface area contributed by atoms with Gasteiger partial charge in [0.2, 0.25) is 5.91 Å². The molecule has 0 unspecified atom stereocenters. The summed E-state index contributed by atoms with van der Waals surface area (Å²) in [5, 5.41) is 3.11. The summed E-state index contributed by atoms with van der Waals surface area (Å²) in [4.78, 5) is 25.8. The van der Waals surface area contributed by atoms with Crippen molar-refractivity contribution >= 4 is 12.0 Å². The maximum Gasteiger partial charge on any atom is 0.410 e. The third-order valence-electron chi connectivity index (χ3n) is 3.91. The Morgan fingerprint density at radius 2 is 1.80 bits per heavy atom. The summed E-state index contributed by atoms with van der Waals surface area (Å²) >= 11 is 0. The summed E-state index contributed by atoms with van der Waals surface area (Å²) in [7, 11) is 0. The van der Waals surface area contributed by atoms with Crippen LogP contribution in [0.3, 0.4) is 0 Å². The number of nitrogens with zero attached hydrogens (tertiary/aromatic N) is 1. The predicted molar refractivity (Wildman–Crippen MR) is 76.3 cm³/mol. The quantitative estimate of drug-likeness (QED) is 0.845. The zero-order chi connectivity index (χ0) is 14.8. The monoisotopic (exact) mass is 282 g/mol. The molecule has 5 heteroatoms. The number of amides is 2. The van der Waals surface area contributed by atoms with E-state index in [0.29, 0.717) is 19.1 Å². The van der Waals surface area contributed by atoms with Crippen LogP contribution >= 0.6 is 0 Å². The second-order valence-electron chi connectivity index (χ2n) is 6.90. The first-order valence-electron chi connectivity index (χ1n) is 7.63. The van der Waals surface area contributed by atoms with Crippen molar-refractivity contribution < 1.29 is 14.3 Å². The number of rotatable bonds is 2. The number of carbonyl (C=O) groups is 2. The van der Waals surface area contributed by atoms with Crippen molar-refractivity contribution in [2.45, 2.75) is 64.5 Å². The summed E-state index contributed by atoms with van der Waals surface area (Å²) < 4.78 is 5.34. The average molecular weight is 282 g/mol. The summed E-state index contributed by atoms with van der Waals surface area (Å²) in [6.07, 6.45) is 5.02. The third kappa shape index (κ3) is 4.12. The standard InChI is InChI=1S/C15H26N2O3/c1-15(2,3)20-14(19)17-9-8-11(10-17)13(18)16-12-6-4-5-7-12/h11-12H,4-10H2,1-3H3,(H,16,18)/t11-/m0/s1. The summed E-state index contributed by atoms with van der Waals surface area (Å²) in [5.74, 6) is 0.0195. The van der Waals surface area contributed by atoms with Gasteiger partial charge in [0.15, 0.2) is 0 Å². The molecule has 1 aliphatic carbocycles. The van der Waals surface area contributed by atoms with Crippen molar-refractivity contribution in [3.05, 3.63) is 0 Å². The molecule has 0 aromatic carbocycles. The molecule has 114 valence electrons. The van der Waals surface area contributed by atoms with Gasteiger partial charge in [0, 0.05) is 19.1 Å². The number of hydrogen-bond acceptors (Lipinski definition) is 3. The number of likely N-dealkylation sites (tertiary alicyclic amines) is 1. The van der Waals surface area contributed by atoms with Crippen LogP contribution in [0.15, 0.2) is 0 Å². The van der Waals surface area contributed by atoms with Crippen molar-refractivity contribution in [3.8, 4) is 0 Å². The fraction of sp³-hybridized carbons (Fsp3) is 0.867.